The van der Waals surface area contributed by atoms with E-state index in [0.717, 1.165) is 6.42 Å². The van der Waals surface area contributed by atoms with E-state index in [1.54, 1.807) is 6.92 Å². The Hall–Kier alpha value is -1.88. The van der Waals surface area contributed by atoms with E-state index in [2.05, 4.69) is 22.4 Å². The Labute approximate surface area is 115 Å². The van der Waals surface area contributed by atoms with Gasteiger partial charge in [0.15, 0.2) is 5.13 Å². The molecule has 0 aliphatic heterocycles. The lowest BCUT2D eigenvalue weighted by Gasteiger charge is -2.01. The molecule has 1 aromatic heterocycles. The Bertz CT molecular complexity index is 609. The third-order valence-corrected chi connectivity index (χ3v) is 4.39. The van der Waals surface area contributed by atoms with Crippen LogP contribution < -0.4 is 5.32 Å². The number of thiazole rings is 1. The molecule has 4 nitrogen and oxygen atoms in total. The monoisotopic (exact) mass is 274 g/mol. The topological polar surface area (TPSA) is 62.2 Å². The average molecular weight is 274 g/mol. The highest BCUT2D eigenvalue weighted by atomic mass is 32.1. The number of carboxylic acids is 1. The second-order valence-electron chi connectivity index (χ2n) is 4.74. The minimum atomic E-state index is -0.904. The van der Waals surface area contributed by atoms with Crippen LogP contribution in [-0.4, -0.2) is 22.1 Å². The summed E-state index contributed by atoms with van der Waals surface area (Å²) in [4.78, 5) is 15.6. The number of aromatic nitrogens is 1. The van der Waals surface area contributed by atoms with E-state index in [0.29, 0.717) is 27.7 Å². The van der Waals surface area contributed by atoms with Crippen molar-refractivity contribution in [3.05, 3.63) is 46.5 Å². The van der Waals surface area contributed by atoms with Crippen molar-refractivity contribution in [2.24, 2.45) is 0 Å². The summed E-state index contributed by atoms with van der Waals surface area (Å²) in [7, 11) is 0. The normalized spacial score (nSPS) is 21.1. The third kappa shape index (κ3) is 2.46. The number of hydrogen-bond acceptors (Lipinski definition) is 4. The van der Waals surface area contributed by atoms with E-state index in [-0.39, 0.29) is 0 Å². The molecular weight excluding hydrogens is 260 g/mol. The first-order valence-corrected chi connectivity index (χ1v) is 6.99. The van der Waals surface area contributed by atoms with Crippen molar-refractivity contribution >= 4 is 22.4 Å². The van der Waals surface area contributed by atoms with E-state index in [4.69, 9.17) is 5.11 Å². The molecule has 3 rings (SSSR count). The quantitative estimate of drug-likeness (QED) is 0.899. The van der Waals surface area contributed by atoms with E-state index >= 15 is 0 Å². The standard InChI is InChI=1S/C14H14N2O2S/c1-8-12(13(17)18)19-14(15-8)16-11-7-10(11)9-5-3-2-4-6-9/h2-6,10-11H,7H2,1H3,(H,15,16)(H,17,18). The molecule has 0 radical (unpaired) electrons. The van der Waals surface area contributed by atoms with E-state index in [1.807, 2.05) is 18.2 Å². The fraction of sp³-hybridized carbons (Fsp3) is 0.286. The lowest BCUT2D eigenvalue weighted by Crippen LogP contribution is -2.03. The van der Waals surface area contributed by atoms with Crippen LogP contribution in [-0.2, 0) is 0 Å². The number of aromatic carboxylic acids is 1. The first-order valence-electron chi connectivity index (χ1n) is 6.17. The third-order valence-electron chi connectivity index (χ3n) is 3.32. The molecule has 1 fully saturated rings. The molecule has 1 saturated carbocycles. The van der Waals surface area contributed by atoms with Crippen LogP contribution in [0.25, 0.3) is 0 Å². The van der Waals surface area contributed by atoms with Crippen LogP contribution in [0.3, 0.4) is 0 Å². The van der Waals surface area contributed by atoms with Gasteiger partial charge in [-0.1, -0.05) is 41.7 Å². The summed E-state index contributed by atoms with van der Waals surface area (Å²) in [5.74, 6) is -0.392. The van der Waals surface area contributed by atoms with Crippen molar-refractivity contribution < 1.29 is 9.90 Å². The van der Waals surface area contributed by atoms with Crippen LogP contribution in [0.4, 0.5) is 5.13 Å². The average Bonchev–Trinajstić information content (AvgIpc) is 3.05. The van der Waals surface area contributed by atoms with Gasteiger partial charge in [0.05, 0.1) is 5.69 Å². The molecule has 0 spiro atoms. The lowest BCUT2D eigenvalue weighted by atomic mass is 10.1. The van der Waals surface area contributed by atoms with E-state index in [9.17, 15) is 4.79 Å². The van der Waals surface area contributed by atoms with Crippen LogP contribution in [0.5, 0.6) is 0 Å². The molecule has 2 N–H and O–H groups in total. The SMILES string of the molecule is Cc1nc(NC2CC2c2ccccc2)sc1C(=O)O. The van der Waals surface area contributed by atoms with Gasteiger partial charge >= 0.3 is 5.97 Å². The van der Waals surface area contributed by atoms with Crippen LogP contribution in [0.2, 0.25) is 0 Å². The highest BCUT2D eigenvalue weighted by Gasteiger charge is 2.38. The predicted octanol–water partition coefficient (Wildman–Crippen LogP) is 3.12. The van der Waals surface area contributed by atoms with Gasteiger partial charge in [0.1, 0.15) is 4.88 Å². The Morgan fingerprint density at radius 3 is 2.79 bits per heavy atom. The van der Waals surface area contributed by atoms with Gasteiger partial charge in [-0.05, 0) is 18.9 Å². The van der Waals surface area contributed by atoms with Gasteiger partial charge in [-0.3, -0.25) is 0 Å². The Balaban J connectivity index is 1.68. The number of benzene rings is 1. The summed E-state index contributed by atoms with van der Waals surface area (Å²) in [6, 6.07) is 10.7. The van der Waals surface area contributed by atoms with Crippen LogP contribution in [0.15, 0.2) is 30.3 Å². The molecule has 0 amide bonds. The van der Waals surface area contributed by atoms with Gasteiger partial charge in [0.25, 0.3) is 0 Å². The number of nitrogens with zero attached hydrogens (tertiary/aromatic N) is 1. The summed E-state index contributed by atoms with van der Waals surface area (Å²) in [5, 5.41) is 13.0. The maximum absolute atomic E-state index is 11.0. The zero-order chi connectivity index (χ0) is 13.4. The number of hydrogen-bond donors (Lipinski definition) is 2. The lowest BCUT2D eigenvalue weighted by molar-refractivity contribution is 0.0701. The first-order chi connectivity index (χ1) is 9.15. The molecule has 5 heteroatoms. The molecule has 2 unspecified atom stereocenters. The molecule has 1 aromatic carbocycles. The summed E-state index contributed by atoms with van der Waals surface area (Å²) >= 11 is 1.21. The fourth-order valence-corrected chi connectivity index (χ4v) is 3.11. The van der Waals surface area contributed by atoms with Crippen molar-refractivity contribution in [2.45, 2.75) is 25.3 Å². The van der Waals surface area contributed by atoms with Crippen LogP contribution >= 0.6 is 11.3 Å². The number of anilines is 1. The Morgan fingerprint density at radius 1 is 1.42 bits per heavy atom. The van der Waals surface area contributed by atoms with Gasteiger partial charge in [-0.2, -0.15) is 0 Å². The van der Waals surface area contributed by atoms with Crippen molar-refractivity contribution in [3.63, 3.8) is 0 Å². The van der Waals surface area contributed by atoms with Crippen molar-refractivity contribution in [1.29, 1.82) is 0 Å². The number of nitrogens with one attached hydrogen (secondary N) is 1. The van der Waals surface area contributed by atoms with Gasteiger partial charge in [0, 0.05) is 12.0 Å². The van der Waals surface area contributed by atoms with Crippen molar-refractivity contribution in [2.75, 3.05) is 5.32 Å². The van der Waals surface area contributed by atoms with Crippen molar-refractivity contribution in [1.82, 2.24) is 4.98 Å². The molecular formula is C14H14N2O2S. The fourth-order valence-electron chi connectivity index (χ4n) is 2.24. The highest BCUT2D eigenvalue weighted by Crippen LogP contribution is 2.43. The minimum Gasteiger partial charge on any atom is -0.477 e. The van der Waals surface area contributed by atoms with E-state index in [1.165, 1.54) is 16.9 Å². The Kier molecular flexibility index (Phi) is 2.98. The summed E-state index contributed by atoms with van der Waals surface area (Å²) in [6.07, 6.45) is 1.07. The molecule has 2 atom stereocenters. The first kappa shape index (κ1) is 12.2. The smallest absolute Gasteiger partial charge is 0.347 e. The minimum absolute atomic E-state index is 0.319. The number of carbonyl (C=O) groups is 1. The van der Waals surface area contributed by atoms with Gasteiger partial charge in [-0.25, -0.2) is 9.78 Å². The second-order valence-corrected chi connectivity index (χ2v) is 5.74. The van der Waals surface area contributed by atoms with Gasteiger partial charge < -0.3 is 10.4 Å². The maximum atomic E-state index is 11.0. The Morgan fingerprint density at radius 2 is 2.16 bits per heavy atom. The zero-order valence-corrected chi connectivity index (χ0v) is 11.3. The molecule has 19 heavy (non-hydrogen) atoms. The predicted molar refractivity (Wildman–Crippen MR) is 75.0 cm³/mol. The molecule has 1 aliphatic rings. The highest BCUT2D eigenvalue weighted by molar-refractivity contribution is 7.17. The number of carboxylic acid groups (broad SMARTS) is 1. The number of aryl methyl sites for hydroxylation is 1. The van der Waals surface area contributed by atoms with Gasteiger partial charge in [0.2, 0.25) is 0 Å². The zero-order valence-electron chi connectivity index (χ0n) is 10.5. The summed E-state index contributed by atoms with van der Waals surface area (Å²) < 4.78 is 0. The van der Waals surface area contributed by atoms with Crippen LogP contribution in [0.1, 0.15) is 33.3 Å². The molecule has 1 aliphatic carbocycles. The molecule has 1 heterocycles. The largest absolute Gasteiger partial charge is 0.477 e. The molecule has 98 valence electrons. The van der Waals surface area contributed by atoms with Gasteiger partial charge in [-0.15, -0.1) is 0 Å². The summed E-state index contributed by atoms with van der Waals surface area (Å²) in [6.45, 7) is 1.73. The maximum Gasteiger partial charge on any atom is 0.347 e. The van der Waals surface area contributed by atoms with E-state index < -0.39 is 5.97 Å². The summed E-state index contributed by atoms with van der Waals surface area (Å²) in [5.41, 5.74) is 1.91. The molecule has 0 bridgehead atoms. The van der Waals surface area contributed by atoms with Crippen LogP contribution in [0, 0.1) is 6.92 Å². The second kappa shape index (κ2) is 4.66. The molecule has 0 saturated heterocycles. The van der Waals surface area contributed by atoms with Crippen molar-refractivity contribution in [3.8, 4) is 0 Å². The number of rotatable bonds is 4. The molecule has 2 aromatic rings.